The zero-order valence-electron chi connectivity index (χ0n) is 9.63. The second-order valence-corrected chi connectivity index (χ2v) is 6.75. The van der Waals surface area contributed by atoms with Crippen molar-refractivity contribution < 1.29 is 0 Å². The topological polar surface area (TPSA) is 12.0 Å². The molecule has 1 unspecified atom stereocenters. The highest BCUT2D eigenvalue weighted by molar-refractivity contribution is 8.00. The van der Waals surface area contributed by atoms with Crippen LogP contribution in [0.3, 0.4) is 0 Å². The molecule has 0 saturated carbocycles. The van der Waals surface area contributed by atoms with Crippen LogP contribution in [-0.2, 0) is 6.54 Å². The lowest BCUT2D eigenvalue weighted by Crippen LogP contribution is -2.32. The van der Waals surface area contributed by atoms with E-state index in [0.29, 0.717) is 4.75 Å². The molecular formula is C13H18ClNS. The monoisotopic (exact) mass is 255 g/mol. The van der Waals surface area contributed by atoms with Gasteiger partial charge in [0.15, 0.2) is 0 Å². The minimum Gasteiger partial charge on any atom is -0.311 e. The molecule has 1 N–H and O–H groups in total. The van der Waals surface area contributed by atoms with Crippen LogP contribution >= 0.6 is 23.4 Å². The van der Waals surface area contributed by atoms with Gasteiger partial charge in [-0.1, -0.05) is 23.7 Å². The minimum absolute atomic E-state index is 0.443. The lowest BCUT2D eigenvalue weighted by Gasteiger charge is -2.23. The number of benzene rings is 1. The first-order valence-corrected chi connectivity index (χ1v) is 7.13. The Bertz CT molecular complexity index is 348. The van der Waals surface area contributed by atoms with Crippen molar-refractivity contribution in [1.29, 1.82) is 0 Å². The Morgan fingerprint density at radius 1 is 1.50 bits per heavy atom. The molecule has 1 aromatic rings. The molecule has 0 spiro atoms. The number of hydrogen-bond donors (Lipinski definition) is 1. The Morgan fingerprint density at radius 2 is 2.38 bits per heavy atom. The number of nitrogens with one attached hydrogen (secondary N) is 1. The average molecular weight is 256 g/mol. The van der Waals surface area contributed by atoms with E-state index in [1.807, 2.05) is 18.2 Å². The second-order valence-electron chi connectivity index (χ2n) is 4.64. The fraction of sp³-hybridized carbons (Fsp3) is 0.538. The van der Waals surface area contributed by atoms with Crippen LogP contribution in [0.4, 0.5) is 0 Å². The molecule has 0 aliphatic carbocycles. The van der Waals surface area contributed by atoms with Crippen LogP contribution < -0.4 is 5.32 Å². The minimum atomic E-state index is 0.443. The van der Waals surface area contributed by atoms with E-state index < -0.39 is 0 Å². The summed E-state index contributed by atoms with van der Waals surface area (Å²) in [5, 5.41) is 4.35. The lowest BCUT2D eigenvalue weighted by molar-refractivity contribution is 0.537. The Morgan fingerprint density at radius 3 is 3.06 bits per heavy atom. The van der Waals surface area contributed by atoms with Gasteiger partial charge in [-0.25, -0.2) is 0 Å². The van der Waals surface area contributed by atoms with E-state index in [-0.39, 0.29) is 0 Å². The van der Waals surface area contributed by atoms with E-state index in [9.17, 15) is 0 Å². The van der Waals surface area contributed by atoms with E-state index in [2.05, 4.69) is 30.1 Å². The van der Waals surface area contributed by atoms with Gasteiger partial charge in [-0.15, -0.1) is 0 Å². The SMILES string of the molecule is CC1(CNCc2cccc(Cl)c2)CCCS1. The summed E-state index contributed by atoms with van der Waals surface area (Å²) in [5.74, 6) is 1.31. The van der Waals surface area contributed by atoms with Crippen molar-refractivity contribution in [2.24, 2.45) is 0 Å². The van der Waals surface area contributed by atoms with E-state index >= 15 is 0 Å². The molecule has 1 saturated heterocycles. The van der Waals surface area contributed by atoms with Crippen LogP contribution in [-0.4, -0.2) is 17.0 Å². The Kier molecular flexibility index (Phi) is 4.17. The standard InChI is InChI=1S/C13H18ClNS/c1-13(6-3-7-16-13)10-15-9-11-4-2-5-12(14)8-11/h2,4-5,8,15H,3,6-7,9-10H2,1H3. The quantitative estimate of drug-likeness (QED) is 0.880. The highest BCUT2D eigenvalue weighted by atomic mass is 35.5. The molecule has 1 aliphatic rings. The summed E-state index contributed by atoms with van der Waals surface area (Å²) in [4.78, 5) is 0. The molecule has 1 atom stereocenters. The molecule has 88 valence electrons. The zero-order valence-corrected chi connectivity index (χ0v) is 11.2. The molecule has 1 heterocycles. The van der Waals surface area contributed by atoms with Crippen molar-refractivity contribution in [3.63, 3.8) is 0 Å². The van der Waals surface area contributed by atoms with Crippen molar-refractivity contribution in [1.82, 2.24) is 5.32 Å². The van der Waals surface area contributed by atoms with Crippen LogP contribution in [0.25, 0.3) is 0 Å². The van der Waals surface area contributed by atoms with Gasteiger partial charge in [-0.3, -0.25) is 0 Å². The molecule has 1 aromatic carbocycles. The van der Waals surface area contributed by atoms with Crippen LogP contribution in [0.2, 0.25) is 5.02 Å². The molecule has 0 amide bonds. The largest absolute Gasteiger partial charge is 0.311 e. The number of rotatable bonds is 4. The zero-order chi connectivity index (χ0) is 11.4. The predicted octanol–water partition coefficient (Wildman–Crippen LogP) is 3.72. The van der Waals surface area contributed by atoms with Gasteiger partial charge < -0.3 is 5.32 Å². The third-order valence-electron chi connectivity index (χ3n) is 3.02. The van der Waals surface area contributed by atoms with Gasteiger partial charge >= 0.3 is 0 Å². The van der Waals surface area contributed by atoms with Gasteiger partial charge in [0.25, 0.3) is 0 Å². The van der Waals surface area contributed by atoms with Crippen molar-refractivity contribution in [3.05, 3.63) is 34.9 Å². The van der Waals surface area contributed by atoms with E-state index in [4.69, 9.17) is 11.6 Å². The normalized spacial score (nSPS) is 24.9. The summed E-state index contributed by atoms with van der Waals surface area (Å²) < 4.78 is 0.443. The van der Waals surface area contributed by atoms with Crippen LogP contribution in [0.1, 0.15) is 25.3 Å². The predicted molar refractivity (Wildman–Crippen MR) is 73.3 cm³/mol. The molecule has 1 aliphatic heterocycles. The smallest absolute Gasteiger partial charge is 0.0409 e. The van der Waals surface area contributed by atoms with Crippen LogP contribution in [0.5, 0.6) is 0 Å². The summed E-state index contributed by atoms with van der Waals surface area (Å²) in [7, 11) is 0. The molecule has 1 fully saturated rings. The molecule has 0 radical (unpaired) electrons. The Labute approximate surface area is 107 Å². The Hall–Kier alpha value is -0.180. The maximum atomic E-state index is 5.95. The van der Waals surface area contributed by atoms with Gasteiger partial charge in [0, 0.05) is 22.9 Å². The molecule has 0 bridgehead atoms. The van der Waals surface area contributed by atoms with Crippen molar-refractivity contribution in [3.8, 4) is 0 Å². The third kappa shape index (κ3) is 3.41. The first kappa shape index (κ1) is 12.3. The average Bonchev–Trinajstić information content (AvgIpc) is 2.65. The lowest BCUT2D eigenvalue weighted by atomic mass is 10.1. The fourth-order valence-electron chi connectivity index (χ4n) is 2.09. The third-order valence-corrected chi connectivity index (χ3v) is 4.79. The highest BCUT2D eigenvalue weighted by Crippen LogP contribution is 2.36. The van der Waals surface area contributed by atoms with Crippen molar-refractivity contribution in [2.45, 2.75) is 31.1 Å². The molecule has 3 heteroatoms. The maximum absolute atomic E-state index is 5.95. The summed E-state index contributed by atoms with van der Waals surface area (Å²) in [6, 6.07) is 8.06. The van der Waals surface area contributed by atoms with E-state index in [1.54, 1.807) is 0 Å². The molecule has 1 nitrogen and oxygen atoms in total. The Balaban J connectivity index is 1.79. The fourth-order valence-corrected chi connectivity index (χ4v) is 3.58. The van der Waals surface area contributed by atoms with Crippen LogP contribution in [0, 0.1) is 0 Å². The van der Waals surface area contributed by atoms with E-state index in [0.717, 1.165) is 18.1 Å². The molecule has 2 rings (SSSR count). The van der Waals surface area contributed by atoms with Gasteiger partial charge in [0.2, 0.25) is 0 Å². The summed E-state index contributed by atoms with van der Waals surface area (Å²) >= 11 is 8.04. The van der Waals surface area contributed by atoms with Gasteiger partial charge in [-0.05, 0) is 43.2 Å². The second kappa shape index (κ2) is 5.44. The molecule has 16 heavy (non-hydrogen) atoms. The summed E-state index contributed by atoms with van der Waals surface area (Å²) in [5.41, 5.74) is 1.26. The van der Waals surface area contributed by atoms with Crippen molar-refractivity contribution >= 4 is 23.4 Å². The number of hydrogen-bond acceptors (Lipinski definition) is 2. The summed E-state index contributed by atoms with van der Waals surface area (Å²) in [6.07, 6.45) is 2.69. The van der Waals surface area contributed by atoms with E-state index in [1.165, 1.54) is 24.2 Å². The first-order chi connectivity index (χ1) is 7.68. The van der Waals surface area contributed by atoms with Gasteiger partial charge in [0.05, 0.1) is 0 Å². The summed E-state index contributed by atoms with van der Waals surface area (Å²) in [6.45, 7) is 4.36. The molecule has 0 aromatic heterocycles. The van der Waals surface area contributed by atoms with Gasteiger partial charge in [0.1, 0.15) is 0 Å². The first-order valence-electron chi connectivity index (χ1n) is 5.77. The van der Waals surface area contributed by atoms with Crippen LogP contribution in [0.15, 0.2) is 24.3 Å². The maximum Gasteiger partial charge on any atom is 0.0409 e. The van der Waals surface area contributed by atoms with Crippen molar-refractivity contribution in [2.75, 3.05) is 12.3 Å². The number of halogens is 1. The van der Waals surface area contributed by atoms with Gasteiger partial charge in [-0.2, -0.15) is 11.8 Å². The number of thioether (sulfide) groups is 1. The molecular weight excluding hydrogens is 238 g/mol. The highest BCUT2D eigenvalue weighted by Gasteiger charge is 2.28.